The van der Waals surface area contributed by atoms with E-state index < -0.39 is 6.98 Å². The molecule has 0 N–H and O–H groups in total. The van der Waals surface area contributed by atoms with Crippen molar-refractivity contribution in [3.8, 4) is 34.4 Å². The fourth-order valence-corrected chi connectivity index (χ4v) is 5.86. The number of fused-ring (bicyclic) bond motifs is 6. The maximum absolute atomic E-state index is 7.19. The predicted molar refractivity (Wildman–Crippen MR) is 164 cm³/mol. The summed E-state index contributed by atoms with van der Waals surface area (Å²) in [5.41, 5.74) is 7.03. The van der Waals surface area contributed by atoms with Gasteiger partial charge in [0, 0.05) is 38.0 Å². The normalized spacial score (nSPS) is 13.3. The Bertz CT molecular complexity index is 2230. The zero-order chi connectivity index (χ0) is 31.4. The Hall–Kier alpha value is -4.91. The minimum Gasteiger partial charge on any atom is -0.464 e. The maximum atomic E-state index is 7.19. The summed E-state index contributed by atoms with van der Waals surface area (Å²) in [5, 5.41) is 0. The average Bonchev–Trinajstić information content (AvgIpc) is 3.71. The van der Waals surface area contributed by atoms with E-state index in [0.717, 1.165) is 66.4 Å². The largest absolute Gasteiger partial charge is 0.464 e. The third-order valence-electron chi connectivity index (χ3n) is 7.71. The number of aromatic nitrogens is 4. The molecule has 0 fully saturated rings. The third-order valence-corrected chi connectivity index (χ3v) is 7.71. The smallest absolute Gasteiger partial charge is 0.259 e. The molecule has 0 unspecified atom stereocenters. The van der Waals surface area contributed by atoms with Crippen molar-refractivity contribution in [2.24, 2.45) is 14.0 Å². The van der Waals surface area contributed by atoms with Crippen LogP contribution < -0.4 is 35.0 Å². The number of aryl methyl sites for hydroxylation is 2. The van der Waals surface area contributed by atoms with Gasteiger partial charge >= 0.3 is 0 Å². The molecule has 4 heterocycles. The van der Waals surface area contributed by atoms with Gasteiger partial charge < -0.3 is 27.7 Å². The fourth-order valence-electron chi connectivity index (χ4n) is 5.86. The molecule has 0 atom stereocenters. The summed E-state index contributed by atoms with van der Waals surface area (Å²) in [6.07, 6.45) is 9.23. The van der Waals surface area contributed by atoms with E-state index in [4.69, 9.17) is 13.6 Å². The first kappa shape index (κ1) is 24.5. The molecule has 0 spiro atoms. The number of nitrogens with zero attached hydrogens (tertiary/aromatic N) is 4. The van der Waals surface area contributed by atoms with E-state index in [2.05, 4.69) is 55.1 Å². The van der Waals surface area contributed by atoms with Crippen molar-refractivity contribution in [3.63, 3.8) is 0 Å². The zero-order valence-electron chi connectivity index (χ0n) is 26.5. The molecule has 0 amide bonds. The summed E-state index contributed by atoms with van der Waals surface area (Å²) in [6, 6.07) is 40.2. The van der Waals surface area contributed by atoms with Gasteiger partial charge in [0.1, 0.15) is 28.5 Å². The van der Waals surface area contributed by atoms with Crippen molar-refractivity contribution < 1.29 is 42.8 Å². The van der Waals surface area contributed by atoms with E-state index in [1.54, 1.807) is 16.8 Å². The van der Waals surface area contributed by atoms with Gasteiger partial charge in [0.15, 0.2) is 0 Å². The number of hydrogen-bond acceptors (Lipinski definition) is 2. The quantitative estimate of drug-likeness (QED) is 0.154. The fraction of sp³-hybridized carbons (Fsp3) is 0.0556. The van der Waals surface area contributed by atoms with Crippen LogP contribution >= 0.6 is 0 Å². The molecule has 2 aliphatic heterocycles. The Morgan fingerprint density at radius 2 is 1.43 bits per heavy atom. The Kier molecular flexibility index (Phi) is 6.30. The van der Waals surface area contributed by atoms with Crippen LogP contribution in [0.4, 0.5) is 0 Å². The first-order valence-electron chi connectivity index (χ1n) is 15.4. The summed E-state index contributed by atoms with van der Waals surface area (Å²) in [4.78, 5) is 0. The second kappa shape index (κ2) is 11.3. The van der Waals surface area contributed by atoms with Gasteiger partial charge in [-0.15, -0.1) is 0 Å². The van der Waals surface area contributed by atoms with Gasteiger partial charge in [-0.3, -0.25) is 0 Å². The van der Waals surface area contributed by atoms with Crippen LogP contribution in [-0.4, -0.2) is 15.8 Å². The van der Waals surface area contributed by atoms with Crippen LogP contribution in [0.15, 0.2) is 116 Å². The van der Waals surface area contributed by atoms with Crippen LogP contribution in [-0.2, 0) is 34.1 Å². The van der Waals surface area contributed by atoms with Gasteiger partial charge in [0.25, 0.3) is 6.71 Å². The molecule has 2 aromatic heterocycles. The van der Waals surface area contributed by atoms with Gasteiger partial charge in [-0.25, -0.2) is 0 Å². The summed E-state index contributed by atoms with van der Waals surface area (Å²) in [6.45, 7) is -2.11. The molecule has 0 saturated carbocycles. The molecule has 7 aromatic rings. The number of imidazole rings is 2. The second-order valence-electron chi connectivity index (χ2n) is 10.3. The first-order chi connectivity index (χ1) is 22.4. The molecule has 2 aliphatic rings. The van der Waals surface area contributed by atoms with E-state index in [0.29, 0.717) is 0 Å². The molecule has 1 radical (unpaired) electrons. The minimum absolute atomic E-state index is 0. The molecule has 0 bridgehead atoms. The molecule has 0 aliphatic carbocycles. The Morgan fingerprint density at radius 3 is 2.09 bits per heavy atom. The van der Waals surface area contributed by atoms with E-state index in [1.807, 2.05) is 82.9 Å². The molecule has 6 nitrogen and oxygen atoms in total. The summed E-state index contributed by atoms with van der Waals surface area (Å²) < 4.78 is 41.2. The Morgan fingerprint density at radius 1 is 0.773 bits per heavy atom. The second-order valence-corrected chi connectivity index (χ2v) is 10.3. The van der Waals surface area contributed by atoms with Gasteiger partial charge in [-0.05, 0) is 29.1 Å². The molecule has 0 saturated heterocycles. The predicted octanol–water partition coefficient (Wildman–Crippen LogP) is 3.68. The van der Waals surface area contributed by atoms with Crippen molar-refractivity contribution in [1.29, 1.82) is 0 Å². The van der Waals surface area contributed by atoms with Gasteiger partial charge in [-0.2, -0.15) is 60.7 Å². The maximum Gasteiger partial charge on any atom is 0.259 e. The van der Waals surface area contributed by atoms with E-state index in [-0.39, 0.29) is 26.8 Å². The summed E-state index contributed by atoms with van der Waals surface area (Å²) in [7, 11) is 2.00. The van der Waals surface area contributed by atoms with Gasteiger partial charge in [0.2, 0.25) is 12.7 Å². The Balaban J connectivity index is 0.000000186. The molecular weight excluding hydrogens is 723 g/mol. The molecular formula is C36H25BIrN4O2-2. The number of benzene rings is 5. The van der Waals surface area contributed by atoms with Crippen LogP contribution in [0.3, 0.4) is 0 Å². The van der Waals surface area contributed by atoms with Crippen LogP contribution in [0.5, 0.6) is 23.0 Å². The average molecular weight is 752 g/mol. The van der Waals surface area contributed by atoms with Crippen LogP contribution in [0.2, 0.25) is 0 Å². The molecule has 9 rings (SSSR count). The van der Waals surface area contributed by atoms with Crippen molar-refractivity contribution in [2.45, 2.75) is 0 Å². The zero-order valence-corrected chi connectivity index (χ0v) is 25.9. The number of hydrogen-bond donors (Lipinski definition) is 0. The standard InChI is InChI=1S/C26H16BN2O2.C10H9N2.Ir/c1-28-16-29(17-9-3-2-4-10-17)20-15-23-24-26(25(20)28)31-22-14-8-6-12-19(22)27(24)18-11-5-7-13-21(18)30-23;1-11-7-8-12(9-11)10-5-3-2-4-6-10;/h2-9,11-15H,1H3;2-5,7-8H,1H3;/q2*-1;/i;1D3;. The SMILES string of the molecule is C[n+]1[c-]n(-c2[c-]cccc2)c2cc3c4c(c21)Oc1ccccc1B4c1ccccc1O3.[2H]C([2H])([2H])[n+]1[c-]n(-c2[c-]cccc2)cc1.[Ir]. The minimum atomic E-state index is -2.18. The van der Waals surface area contributed by atoms with Crippen molar-refractivity contribution in [1.82, 2.24) is 9.13 Å². The van der Waals surface area contributed by atoms with E-state index >= 15 is 0 Å². The van der Waals surface area contributed by atoms with Crippen LogP contribution in [0, 0.1) is 24.8 Å². The van der Waals surface area contributed by atoms with E-state index in [9.17, 15) is 0 Å². The summed E-state index contributed by atoms with van der Waals surface area (Å²) in [5.74, 6) is 3.43. The van der Waals surface area contributed by atoms with Crippen LogP contribution in [0.25, 0.3) is 22.4 Å². The topological polar surface area (TPSA) is 36.1 Å². The Labute approximate surface area is 274 Å². The number of ether oxygens (including phenoxy) is 2. The third kappa shape index (κ3) is 4.64. The van der Waals surface area contributed by atoms with Gasteiger partial charge in [-0.1, -0.05) is 47.8 Å². The van der Waals surface area contributed by atoms with Crippen LogP contribution in [0.1, 0.15) is 4.11 Å². The first-order valence-corrected chi connectivity index (χ1v) is 13.9. The number of para-hydroxylation sites is 4. The van der Waals surface area contributed by atoms with E-state index in [1.165, 1.54) is 6.20 Å². The monoisotopic (exact) mass is 752 g/mol. The van der Waals surface area contributed by atoms with Crippen molar-refractivity contribution in [3.05, 3.63) is 140 Å². The van der Waals surface area contributed by atoms with Gasteiger partial charge in [0.05, 0.1) is 23.7 Å². The molecule has 215 valence electrons. The summed E-state index contributed by atoms with van der Waals surface area (Å²) >= 11 is 0. The van der Waals surface area contributed by atoms with Crippen molar-refractivity contribution in [2.75, 3.05) is 0 Å². The molecule has 5 aromatic carbocycles. The molecule has 44 heavy (non-hydrogen) atoms. The number of rotatable bonds is 2. The molecule has 8 heteroatoms. The van der Waals surface area contributed by atoms with Crippen molar-refractivity contribution >= 4 is 34.1 Å².